The highest BCUT2D eigenvalue weighted by Gasteiger charge is 2.29. The molecule has 1 aliphatic rings. The van der Waals surface area contributed by atoms with Crippen molar-refractivity contribution < 1.29 is 8.42 Å². The van der Waals surface area contributed by atoms with Crippen LogP contribution in [0.5, 0.6) is 0 Å². The van der Waals surface area contributed by atoms with Gasteiger partial charge in [-0.2, -0.15) is 4.31 Å². The predicted molar refractivity (Wildman–Crippen MR) is 95.3 cm³/mol. The van der Waals surface area contributed by atoms with Gasteiger partial charge in [0, 0.05) is 23.2 Å². The quantitative estimate of drug-likeness (QED) is 0.841. The lowest BCUT2D eigenvalue weighted by molar-refractivity contribution is 0.352. The number of nitrogens with zero attached hydrogens (tertiary/aromatic N) is 1. The predicted octanol–water partition coefficient (Wildman–Crippen LogP) is 3.94. The van der Waals surface area contributed by atoms with E-state index in [4.69, 9.17) is 0 Å². The highest BCUT2D eigenvalue weighted by Crippen LogP contribution is 2.32. The first-order valence-corrected chi connectivity index (χ1v) is 10.2. The molecular formula is C18H21NO2S2. The highest BCUT2D eigenvalue weighted by molar-refractivity contribution is 8.00. The van der Waals surface area contributed by atoms with Gasteiger partial charge in [0.1, 0.15) is 0 Å². The number of rotatable bonds is 4. The van der Waals surface area contributed by atoms with Crippen molar-refractivity contribution in [3.05, 3.63) is 60.2 Å². The largest absolute Gasteiger partial charge is 0.243 e. The number of hydrogen-bond acceptors (Lipinski definition) is 3. The summed E-state index contributed by atoms with van der Waals surface area (Å²) in [7, 11) is -3.34. The molecule has 1 heterocycles. The molecule has 2 aromatic rings. The zero-order chi connectivity index (χ0) is 16.3. The van der Waals surface area contributed by atoms with Gasteiger partial charge in [0.25, 0.3) is 0 Å². The van der Waals surface area contributed by atoms with E-state index in [1.807, 2.05) is 17.8 Å². The SMILES string of the molecule is Cc1ccc(SC2CCN(S(=O)(=O)c3ccccc3)CC2)cc1. The maximum atomic E-state index is 12.6. The van der Waals surface area contributed by atoms with E-state index in [1.54, 1.807) is 28.6 Å². The summed E-state index contributed by atoms with van der Waals surface area (Å²) in [4.78, 5) is 1.66. The van der Waals surface area contributed by atoms with E-state index >= 15 is 0 Å². The van der Waals surface area contributed by atoms with Crippen LogP contribution in [0.1, 0.15) is 18.4 Å². The van der Waals surface area contributed by atoms with Crippen LogP contribution in [0.2, 0.25) is 0 Å². The number of benzene rings is 2. The van der Waals surface area contributed by atoms with Crippen molar-refractivity contribution in [3.8, 4) is 0 Å². The molecule has 0 saturated carbocycles. The topological polar surface area (TPSA) is 37.4 Å². The lowest BCUT2D eigenvalue weighted by Crippen LogP contribution is -2.39. The first-order chi connectivity index (χ1) is 11.1. The summed E-state index contributed by atoms with van der Waals surface area (Å²) in [6, 6.07) is 17.3. The maximum absolute atomic E-state index is 12.6. The van der Waals surface area contributed by atoms with Gasteiger partial charge < -0.3 is 0 Å². The lowest BCUT2D eigenvalue weighted by Gasteiger charge is -2.30. The van der Waals surface area contributed by atoms with Crippen molar-refractivity contribution in [1.82, 2.24) is 4.31 Å². The van der Waals surface area contributed by atoms with E-state index in [9.17, 15) is 8.42 Å². The molecule has 1 fully saturated rings. The van der Waals surface area contributed by atoms with Crippen LogP contribution in [0, 0.1) is 6.92 Å². The van der Waals surface area contributed by atoms with Crippen molar-refractivity contribution >= 4 is 21.8 Å². The number of hydrogen-bond donors (Lipinski definition) is 0. The number of piperidine rings is 1. The van der Waals surface area contributed by atoms with Gasteiger partial charge in [-0.3, -0.25) is 0 Å². The van der Waals surface area contributed by atoms with Gasteiger partial charge in [-0.25, -0.2) is 8.42 Å². The molecule has 0 atom stereocenters. The monoisotopic (exact) mass is 347 g/mol. The molecule has 5 heteroatoms. The summed E-state index contributed by atoms with van der Waals surface area (Å²) >= 11 is 1.86. The van der Waals surface area contributed by atoms with E-state index in [2.05, 4.69) is 31.2 Å². The highest BCUT2D eigenvalue weighted by atomic mass is 32.2. The van der Waals surface area contributed by atoms with Crippen LogP contribution in [0.15, 0.2) is 64.4 Å². The zero-order valence-corrected chi connectivity index (χ0v) is 14.8. The average molecular weight is 348 g/mol. The van der Waals surface area contributed by atoms with Gasteiger partial charge in [-0.15, -0.1) is 11.8 Å². The first kappa shape index (κ1) is 16.6. The van der Waals surface area contributed by atoms with Crippen LogP contribution in [0.3, 0.4) is 0 Å². The third-order valence-corrected chi connectivity index (χ3v) is 7.37. The van der Waals surface area contributed by atoms with Crippen molar-refractivity contribution in [2.45, 2.75) is 34.8 Å². The van der Waals surface area contributed by atoms with E-state index in [0.29, 0.717) is 23.2 Å². The Morgan fingerprint density at radius 2 is 1.57 bits per heavy atom. The Kier molecular flexibility index (Phi) is 5.09. The fourth-order valence-corrected chi connectivity index (χ4v) is 5.36. The molecule has 122 valence electrons. The van der Waals surface area contributed by atoms with E-state index in [-0.39, 0.29) is 0 Å². The van der Waals surface area contributed by atoms with Gasteiger partial charge in [-0.05, 0) is 44.0 Å². The standard InChI is InChI=1S/C18H21NO2S2/c1-15-7-9-16(10-8-15)22-17-11-13-19(14-12-17)23(20,21)18-5-3-2-4-6-18/h2-10,17H,11-14H2,1H3. The van der Waals surface area contributed by atoms with Crippen LogP contribution in [-0.2, 0) is 10.0 Å². The van der Waals surface area contributed by atoms with Crippen molar-refractivity contribution in [2.24, 2.45) is 0 Å². The van der Waals surface area contributed by atoms with Crippen LogP contribution in [-0.4, -0.2) is 31.1 Å². The lowest BCUT2D eigenvalue weighted by atomic mass is 10.2. The second kappa shape index (κ2) is 7.07. The Labute approximate surface area is 142 Å². The van der Waals surface area contributed by atoms with Crippen LogP contribution < -0.4 is 0 Å². The molecule has 0 amide bonds. The Morgan fingerprint density at radius 1 is 0.957 bits per heavy atom. The minimum absolute atomic E-state index is 0.393. The fourth-order valence-electron chi connectivity index (χ4n) is 2.74. The normalized spacial score (nSPS) is 17.3. The van der Waals surface area contributed by atoms with Gasteiger partial charge in [-0.1, -0.05) is 35.9 Å². The van der Waals surface area contributed by atoms with Crippen LogP contribution in [0.25, 0.3) is 0 Å². The molecule has 2 aromatic carbocycles. The van der Waals surface area contributed by atoms with Crippen LogP contribution >= 0.6 is 11.8 Å². The van der Waals surface area contributed by atoms with Gasteiger partial charge in [0.2, 0.25) is 10.0 Å². The van der Waals surface area contributed by atoms with Crippen LogP contribution in [0.4, 0.5) is 0 Å². The minimum Gasteiger partial charge on any atom is -0.207 e. The number of thioether (sulfide) groups is 1. The smallest absolute Gasteiger partial charge is 0.207 e. The molecule has 3 rings (SSSR count). The van der Waals surface area contributed by atoms with E-state index < -0.39 is 10.0 Å². The minimum atomic E-state index is -3.34. The van der Waals surface area contributed by atoms with Gasteiger partial charge >= 0.3 is 0 Å². The Morgan fingerprint density at radius 3 is 2.17 bits per heavy atom. The second-order valence-corrected chi connectivity index (χ2v) is 9.16. The van der Waals surface area contributed by atoms with E-state index in [1.165, 1.54) is 10.5 Å². The van der Waals surface area contributed by atoms with Crippen molar-refractivity contribution in [1.29, 1.82) is 0 Å². The number of sulfonamides is 1. The zero-order valence-electron chi connectivity index (χ0n) is 13.2. The Bertz CT molecular complexity index is 734. The summed E-state index contributed by atoms with van der Waals surface area (Å²) in [5, 5.41) is 0.486. The molecule has 1 aliphatic heterocycles. The third-order valence-electron chi connectivity index (χ3n) is 4.11. The molecule has 0 aromatic heterocycles. The third kappa shape index (κ3) is 3.97. The molecular weight excluding hydrogens is 326 g/mol. The molecule has 1 saturated heterocycles. The summed E-state index contributed by atoms with van der Waals surface area (Å²) in [5.41, 5.74) is 1.26. The number of aryl methyl sites for hydroxylation is 1. The van der Waals surface area contributed by atoms with Crippen molar-refractivity contribution in [2.75, 3.05) is 13.1 Å². The van der Waals surface area contributed by atoms with Gasteiger partial charge in [0.05, 0.1) is 4.90 Å². The van der Waals surface area contributed by atoms with E-state index in [0.717, 1.165) is 12.8 Å². The Hall–Kier alpha value is -1.30. The average Bonchev–Trinajstić information content (AvgIpc) is 2.58. The summed E-state index contributed by atoms with van der Waals surface area (Å²) in [6.07, 6.45) is 1.79. The molecule has 23 heavy (non-hydrogen) atoms. The molecule has 0 spiro atoms. The molecule has 0 radical (unpaired) electrons. The molecule has 0 unspecified atom stereocenters. The summed E-state index contributed by atoms with van der Waals surface area (Å²) < 4.78 is 26.8. The molecule has 3 nitrogen and oxygen atoms in total. The maximum Gasteiger partial charge on any atom is 0.243 e. The first-order valence-electron chi connectivity index (χ1n) is 7.84. The Balaban J connectivity index is 1.61. The molecule has 0 bridgehead atoms. The fraction of sp³-hybridized carbons (Fsp3) is 0.333. The van der Waals surface area contributed by atoms with Gasteiger partial charge in [0.15, 0.2) is 0 Å². The summed E-state index contributed by atoms with van der Waals surface area (Å²) in [5.74, 6) is 0. The van der Waals surface area contributed by atoms with Crippen molar-refractivity contribution in [3.63, 3.8) is 0 Å². The molecule has 0 N–H and O–H groups in total. The molecule has 0 aliphatic carbocycles. The summed E-state index contributed by atoms with van der Waals surface area (Å²) in [6.45, 7) is 3.28. The second-order valence-electron chi connectivity index (χ2n) is 5.85.